The molecule has 4 atom stereocenters. The molecule has 2 rings (SSSR count). The summed E-state index contributed by atoms with van der Waals surface area (Å²) in [6, 6.07) is 0. The zero-order valence-electron chi connectivity index (χ0n) is 12.3. The Labute approximate surface area is 112 Å². The molecule has 1 saturated heterocycles. The first kappa shape index (κ1) is 14.3. The maximum atomic E-state index is 6.18. The van der Waals surface area contributed by atoms with E-state index in [0.717, 1.165) is 25.6 Å². The van der Waals surface area contributed by atoms with Gasteiger partial charge in [0, 0.05) is 25.2 Å². The smallest absolute Gasteiger partial charge is 0.0702 e. The summed E-state index contributed by atoms with van der Waals surface area (Å²) in [4.78, 5) is 2.52. The molecule has 4 unspecified atom stereocenters. The summed E-state index contributed by atoms with van der Waals surface area (Å²) in [6.45, 7) is 7.55. The third-order valence-electron chi connectivity index (χ3n) is 5.59. The van der Waals surface area contributed by atoms with Gasteiger partial charge in [0.05, 0.1) is 6.10 Å². The van der Waals surface area contributed by atoms with Crippen LogP contribution in [0.25, 0.3) is 0 Å². The molecule has 1 heterocycles. The van der Waals surface area contributed by atoms with E-state index in [4.69, 9.17) is 10.5 Å². The van der Waals surface area contributed by atoms with Crippen LogP contribution in [0.2, 0.25) is 0 Å². The number of ether oxygens (including phenoxy) is 1. The summed E-state index contributed by atoms with van der Waals surface area (Å²) in [5.41, 5.74) is 6.38. The standard InChI is InChI=1S/C15H30N2O/c1-12-6-4-8-15(11-16,13(12)2)17(3)10-14-7-5-9-18-14/h12-14H,4-11,16H2,1-3H3. The van der Waals surface area contributed by atoms with E-state index in [-0.39, 0.29) is 5.54 Å². The second-order valence-corrected chi connectivity index (χ2v) is 6.48. The highest BCUT2D eigenvalue weighted by Crippen LogP contribution is 2.40. The number of hydrogen-bond donors (Lipinski definition) is 1. The molecule has 0 radical (unpaired) electrons. The quantitative estimate of drug-likeness (QED) is 0.836. The Bertz CT molecular complexity index is 265. The van der Waals surface area contributed by atoms with Crippen LogP contribution in [-0.4, -0.2) is 43.3 Å². The van der Waals surface area contributed by atoms with Crippen LogP contribution in [0.1, 0.15) is 46.0 Å². The van der Waals surface area contributed by atoms with Gasteiger partial charge in [-0.1, -0.05) is 26.7 Å². The van der Waals surface area contributed by atoms with Gasteiger partial charge in [0.15, 0.2) is 0 Å². The molecular weight excluding hydrogens is 224 g/mol. The average Bonchev–Trinajstić information content (AvgIpc) is 2.85. The molecule has 2 fully saturated rings. The van der Waals surface area contributed by atoms with Crippen molar-refractivity contribution < 1.29 is 4.74 Å². The molecule has 18 heavy (non-hydrogen) atoms. The minimum Gasteiger partial charge on any atom is -0.377 e. The van der Waals surface area contributed by atoms with Crippen LogP contribution in [0.3, 0.4) is 0 Å². The van der Waals surface area contributed by atoms with Gasteiger partial charge in [-0.15, -0.1) is 0 Å². The van der Waals surface area contributed by atoms with Crippen molar-refractivity contribution in [2.45, 2.75) is 57.6 Å². The molecule has 106 valence electrons. The molecule has 0 amide bonds. The number of hydrogen-bond acceptors (Lipinski definition) is 3. The lowest BCUT2D eigenvalue weighted by molar-refractivity contribution is -0.0235. The molecular formula is C15H30N2O. The van der Waals surface area contributed by atoms with Crippen molar-refractivity contribution >= 4 is 0 Å². The minimum absolute atomic E-state index is 0.198. The summed E-state index contributed by atoms with van der Waals surface area (Å²) in [6.07, 6.45) is 6.80. The van der Waals surface area contributed by atoms with E-state index < -0.39 is 0 Å². The molecule has 2 N–H and O–H groups in total. The van der Waals surface area contributed by atoms with Crippen molar-refractivity contribution in [3.8, 4) is 0 Å². The first-order valence-corrected chi connectivity index (χ1v) is 7.63. The van der Waals surface area contributed by atoms with E-state index >= 15 is 0 Å². The van der Waals surface area contributed by atoms with Crippen molar-refractivity contribution in [1.29, 1.82) is 0 Å². The fraction of sp³-hybridized carbons (Fsp3) is 1.00. The Hall–Kier alpha value is -0.120. The van der Waals surface area contributed by atoms with Gasteiger partial charge in [0.2, 0.25) is 0 Å². The summed E-state index contributed by atoms with van der Waals surface area (Å²) in [7, 11) is 2.25. The molecule has 1 aliphatic heterocycles. The van der Waals surface area contributed by atoms with Gasteiger partial charge in [0.25, 0.3) is 0 Å². The second-order valence-electron chi connectivity index (χ2n) is 6.48. The highest BCUT2D eigenvalue weighted by molar-refractivity contribution is 5.00. The monoisotopic (exact) mass is 254 g/mol. The molecule has 0 bridgehead atoms. The number of likely N-dealkylation sites (N-methyl/N-ethyl adjacent to an activating group) is 1. The van der Waals surface area contributed by atoms with Crippen molar-refractivity contribution in [2.24, 2.45) is 17.6 Å². The SMILES string of the molecule is CC1CCCC(CN)(N(C)CC2CCCO2)C1C. The molecule has 0 aromatic rings. The highest BCUT2D eigenvalue weighted by Gasteiger charge is 2.44. The summed E-state index contributed by atoms with van der Waals surface area (Å²) >= 11 is 0. The zero-order valence-corrected chi connectivity index (χ0v) is 12.3. The van der Waals surface area contributed by atoms with Crippen molar-refractivity contribution in [3.63, 3.8) is 0 Å². The van der Waals surface area contributed by atoms with Crippen LogP contribution in [0.4, 0.5) is 0 Å². The van der Waals surface area contributed by atoms with E-state index in [9.17, 15) is 0 Å². The van der Waals surface area contributed by atoms with Gasteiger partial charge in [-0.3, -0.25) is 4.90 Å². The first-order valence-electron chi connectivity index (χ1n) is 7.63. The molecule has 3 nitrogen and oxygen atoms in total. The summed E-state index contributed by atoms with van der Waals surface area (Å²) in [5, 5.41) is 0. The lowest BCUT2D eigenvalue weighted by atomic mass is 9.67. The topological polar surface area (TPSA) is 38.5 Å². The maximum absolute atomic E-state index is 6.18. The normalized spacial score (nSPS) is 41.5. The van der Waals surface area contributed by atoms with Crippen LogP contribution in [0.5, 0.6) is 0 Å². The van der Waals surface area contributed by atoms with Gasteiger partial charge >= 0.3 is 0 Å². The van der Waals surface area contributed by atoms with E-state index in [1.807, 2.05) is 0 Å². The largest absolute Gasteiger partial charge is 0.377 e. The fourth-order valence-electron chi connectivity index (χ4n) is 4.00. The van der Waals surface area contributed by atoms with Crippen molar-refractivity contribution in [2.75, 3.05) is 26.7 Å². The number of nitrogens with zero attached hydrogens (tertiary/aromatic N) is 1. The maximum Gasteiger partial charge on any atom is 0.0702 e. The highest BCUT2D eigenvalue weighted by atomic mass is 16.5. The Kier molecular flexibility index (Phi) is 4.68. The molecule has 0 spiro atoms. The van der Waals surface area contributed by atoms with Gasteiger partial charge in [0.1, 0.15) is 0 Å². The Morgan fingerprint density at radius 2 is 2.06 bits per heavy atom. The van der Waals surface area contributed by atoms with Gasteiger partial charge in [-0.2, -0.15) is 0 Å². The minimum atomic E-state index is 0.198. The summed E-state index contributed by atoms with van der Waals surface area (Å²) in [5.74, 6) is 1.47. The average molecular weight is 254 g/mol. The van der Waals surface area contributed by atoms with E-state index in [1.54, 1.807) is 0 Å². The predicted molar refractivity (Wildman–Crippen MR) is 75.6 cm³/mol. The lowest BCUT2D eigenvalue weighted by Crippen LogP contribution is -2.60. The third-order valence-corrected chi connectivity index (χ3v) is 5.59. The molecule has 1 aliphatic carbocycles. The fourth-order valence-corrected chi connectivity index (χ4v) is 4.00. The first-order chi connectivity index (χ1) is 8.60. The van der Waals surface area contributed by atoms with Crippen LogP contribution in [0.15, 0.2) is 0 Å². The van der Waals surface area contributed by atoms with Crippen LogP contribution in [-0.2, 0) is 4.74 Å². The van der Waals surface area contributed by atoms with E-state index in [2.05, 4.69) is 25.8 Å². The van der Waals surface area contributed by atoms with Gasteiger partial charge in [-0.05, 0) is 38.1 Å². The second kappa shape index (κ2) is 5.89. The van der Waals surface area contributed by atoms with E-state index in [1.165, 1.54) is 32.1 Å². The predicted octanol–water partition coefficient (Wildman–Crippen LogP) is 2.25. The van der Waals surface area contributed by atoms with Crippen molar-refractivity contribution in [1.82, 2.24) is 4.90 Å². The Morgan fingerprint density at radius 1 is 1.28 bits per heavy atom. The number of nitrogens with two attached hydrogens (primary N) is 1. The van der Waals surface area contributed by atoms with Crippen molar-refractivity contribution in [3.05, 3.63) is 0 Å². The van der Waals surface area contributed by atoms with Crippen LogP contribution >= 0.6 is 0 Å². The molecule has 0 aromatic carbocycles. The Morgan fingerprint density at radius 3 is 2.67 bits per heavy atom. The van der Waals surface area contributed by atoms with Crippen LogP contribution < -0.4 is 5.73 Å². The number of rotatable bonds is 4. The van der Waals surface area contributed by atoms with Gasteiger partial charge < -0.3 is 10.5 Å². The molecule has 3 heteroatoms. The van der Waals surface area contributed by atoms with Crippen LogP contribution in [0, 0.1) is 11.8 Å². The lowest BCUT2D eigenvalue weighted by Gasteiger charge is -2.51. The molecule has 1 saturated carbocycles. The third kappa shape index (κ3) is 2.59. The Balaban J connectivity index is 2.04. The molecule has 0 aromatic heterocycles. The van der Waals surface area contributed by atoms with E-state index in [0.29, 0.717) is 12.0 Å². The zero-order chi connectivity index (χ0) is 13.2. The molecule has 2 aliphatic rings. The van der Waals surface area contributed by atoms with Gasteiger partial charge in [-0.25, -0.2) is 0 Å². The summed E-state index contributed by atoms with van der Waals surface area (Å²) < 4.78 is 5.78.